The normalized spacial score (nSPS) is 11.3. The summed E-state index contributed by atoms with van der Waals surface area (Å²) >= 11 is 0. The Morgan fingerprint density at radius 1 is 0.848 bits per heavy atom. The van der Waals surface area contributed by atoms with Crippen molar-refractivity contribution in [1.29, 1.82) is 0 Å². The van der Waals surface area contributed by atoms with E-state index in [9.17, 15) is 30.0 Å². The summed E-state index contributed by atoms with van der Waals surface area (Å²) in [6.07, 6.45) is 0. The summed E-state index contributed by atoms with van der Waals surface area (Å²) in [4.78, 5) is 25.2. The number of aromatic hydroxyl groups is 3. The van der Waals surface area contributed by atoms with E-state index in [2.05, 4.69) is 0 Å². The van der Waals surface area contributed by atoms with Crippen molar-refractivity contribution in [3.05, 3.63) is 70.8 Å². The van der Waals surface area contributed by atoms with Crippen LogP contribution >= 0.6 is 0 Å². The molecule has 4 N–H and O–H groups in total. The summed E-state index contributed by atoms with van der Waals surface area (Å²) in [6.45, 7) is 5.55. The Morgan fingerprint density at radius 3 is 2.21 bits per heavy atom. The number of carboxylic acids is 1. The Bertz CT molecular complexity index is 1450. The van der Waals surface area contributed by atoms with Crippen LogP contribution in [0.3, 0.4) is 0 Å². The van der Waals surface area contributed by atoms with Gasteiger partial charge in [-0.3, -0.25) is 0 Å². The van der Waals surface area contributed by atoms with Crippen LogP contribution in [0.5, 0.6) is 23.0 Å². The molecule has 0 atom stereocenters. The molecule has 0 heterocycles. The van der Waals surface area contributed by atoms with Gasteiger partial charge < -0.3 is 25.2 Å². The van der Waals surface area contributed by atoms with Gasteiger partial charge in [0, 0.05) is 16.3 Å². The molecule has 0 radical (unpaired) electrons. The molecule has 0 aliphatic carbocycles. The van der Waals surface area contributed by atoms with Crippen molar-refractivity contribution >= 4 is 33.5 Å². The van der Waals surface area contributed by atoms with Crippen molar-refractivity contribution in [2.75, 3.05) is 0 Å². The van der Waals surface area contributed by atoms with Gasteiger partial charge in [0.15, 0.2) is 23.0 Å². The lowest BCUT2D eigenvalue weighted by Gasteiger charge is -2.18. The molecule has 0 saturated heterocycles. The van der Waals surface area contributed by atoms with Gasteiger partial charge in [-0.05, 0) is 29.7 Å². The third-order valence-corrected chi connectivity index (χ3v) is 5.62. The summed E-state index contributed by atoms with van der Waals surface area (Å²) in [7, 11) is 0. The molecule has 0 amide bonds. The summed E-state index contributed by atoms with van der Waals surface area (Å²) < 4.78 is 5.37. The van der Waals surface area contributed by atoms with E-state index in [-0.39, 0.29) is 22.4 Å². The lowest BCUT2D eigenvalue weighted by atomic mass is 9.90. The summed E-state index contributed by atoms with van der Waals surface area (Å²) in [6, 6.07) is 12.9. The maximum Gasteiger partial charge on any atom is 0.348 e. The molecule has 0 saturated carbocycles. The maximum absolute atomic E-state index is 13.2. The molecule has 7 heteroatoms. The molecule has 4 rings (SSSR count). The van der Waals surface area contributed by atoms with E-state index in [4.69, 9.17) is 4.74 Å². The fourth-order valence-electron chi connectivity index (χ4n) is 4.16. The zero-order chi connectivity index (χ0) is 24.0. The van der Waals surface area contributed by atoms with Crippen molar-refractivity contribution < 1.29 is 34.8 Å². The third kappa shape index (κ3) is 3.57. The Hall–Kier alpha value is -4.26. The van der Waals surface area contributed by atoms with Crippen LogP contribution < -0.4 is 4.74 Å². The Balaban J connectivity index is 1.95. The van der Waals surface area contributed by atoms with Crippen LogP contribution in [-0.2, 0) is 0 Å². The topological polar surface area (TPSA) is 124 Å². The number of aromatic carboxylic acids is 1. The number of fused-ring (bicyclic) bond motifs is 2. The molecule has 4 aromatic carbocycles. The number of ether oxygens (including phenoxy) is 1. The number of carbonyl (C=O) groups excluding carboxylic acids is 1. The number of phenols is 3. The number of hydrogen-bond donors (Lipinski definition) is 4. The van der Waals surface area contributed by atoms with Crippen LogP contribution in [0.1, 0.15) is 51.6 Å². The number of hydrogen-bond acceptors (Lipinski definition) is 6. The molecule has 0 aliphatic rings. The van der Waals surface area contributed by atoms with Gasteiger partial charge in [-0.25, -0.2) is 9.59 Å². The Kier molecular flexibility index (Phi) is 5.33. The first-order chi connectivity index (χ1) is 15.6. The lowest BCUT2D eigenvalue weighted by molar-refractivity contribution is 0.0680. The van der Waals surface area contributed by atoms with Crippen LogP contribution in [0.2, 0.25) is 0 Å². The predicted molar refractivity (Wildman–Crippen MR) is 124 cm³/mol. The van der Waals surface area contributed by atoms with Gasteiger partial charge in [0.25, 0.3) is 0 Å². The molecule has 0 aliphatic heterocycles. The highest BCUT2D eigenvalue weighted by atomic mass is 16.5. The summed E-state index contributed by atoms with van der Waals surface area (Å²) in [5.41, 5.74) is 0.647. The average molecular weight is 446 g/mol. The van der Waals surface area contributed by atoms with Gasteiger partial charge >= 0.3 is 11.9 Å². The van der Waals surface area contributed by atoms with Crippen molar-refractivity contribution in [2.24, 2.45) is 0 Å². The number of phenolic OH excluding ortho intramolecular Hbond substituents is 3. The molecule has 7 nitrogen and oxygen atoms in total. The molecule has 0 unspecified atom stereocenters. The highest BCUT2D eigenvalue weighted by Crippen LogP contribution is 2.45. The number of aryl methyl sites for hydroxylation is 1. The zero-order valence-corrected chi connectivity index (χ0v) is 18.2. The largest absolute Gasteiger partial charge is 0.504 e. The van der Waals surface area contributed by atoms with Crippen LogP contribution in [0.4, 0.5) is 0 Å². The van der Waals surface area contributed by atoms with E-state index in [0.29, 0.717) is 21.7 Å². The van der Waals surface area contributed by atoms with Gasteiger partial charge in [-0.15, -0.1) is 0 Å². The average Bonchev–Trinajstić information content (AvgIpc) is 2.74. The molecule has 33 heavy (non-hydrogen) atoms. The number of carboxylic acid groups (broad SMARTS) is 1. The molecule has 0 aromatic heterocycles. The molecule has 168 valence electrons. The van der Waals surface area contributed by atoms with Gasteiger partial charge in [0.1, 0.15) is 11.1 Å². The fourth-order valence-corrected chi connectivity index (χ4v) is 4.16. The van der Waals surface area contributed by atoms with Gasteiger partial charge in [0.2, 0.25) is 0 Å². The first kappa shape index (κ1) is 22.0. The number of benzene rings is 4. The van der Waals surface area contributed by atoms with Crippen LogP contribution in [0.15, 0.2) is 48.5 Å². The molecule has 0 fully saturated rings. The van der Waals surface area contributed by atoms with Gasteiger partial charge in [-0.2, -0.15) is 0 Å². The summed E-state index contributed by atoms with van der Waals surface area (Å²) in [5.74, 6) is -4.87. The second-order valence-electron chi connectivity index (χ2n) is 8.21. The summed E-state index contributed by atoms with van der Waals surface area (Å²) in [5, 5.41) is 43.3. The highest BCUT2D eigenvalue weighted by Gasteiger charge is 2.29. The predicted octanol–water partition coefficient (Wildman–Crippen LogP) is 5.46. The van der Waals surface area contributed by atoms with Crippen LogP contribution in [0.25, 0.3) is 21.5 Å². The second kappa shape index (κ2) is 8.02. The molecular weight excluding hydrogens is 424 g/mol. The van der Waals surface area contributed by atoms with E-state index in [1.807, 2.05) is 20.8 Å². The molecule has 0 bridgehead atoms. The number of carbonyl (C=O) groups is 2. The minimum Gasteiger partial charge on any atom is -0.504 e. The van der Waals surface area contributed by atoms with Crippen molar-refractivity contribution in [1.82, 2.24) is 0 Å². The second-order valence-corrected chi connectivity index (χ2v) is 8.21. The standard InChI is InChI=1S/C26H22O7/c1-12(2)19-17-10-13(3)8-9-16(17)20(23(29)22(19)28)26(32)33-24-18(27)11-14-6-4-5-7-15(14)21(24)25(30)31/h4-12,27-29H,1-3H3,(H,30,31). The minimum atomic E-state index is -1.40. The molecule has 4 aromatic rings. The maximum atomic E-state index is 13.2. The first-order valence-electron chi connectivity index (χ1n) is 10.3. The molecule has 0 spiro atoms. The highest BCUT2D eigenvalue weighted by molar-refractivity contribution is 6.12. The lowest BCUT2D eigenvalue weighted by Crippen LogP contribution is -2.13. The monoisotopic (exact) mass is 446 g/mol. The third-order valence-electron chi connectivity index (χ3n) is 5.62. The minimum absolute atomic E-state index is 0.159. The zero-order valence-electron chi connectivity index (χ0n) is 18.2. The van der Waals surface area contributed by atoms with Gasteiger partial charge in [0.05, 0.1) is 0 Å². The van der Waals surface area contributed by atoms with Crippen molar-refractivity contribution in [2.45, 2.75) is 26.7 Å². The molecular formula is C26H22O7. The van der Waals surface area contributed by atoms with E-state index in [1.54, 1.807) is 36.4 Å². The Labute approximate surface area is 189 Å². The SMILES string of the molecule is Cc1ccc2c(C(=O)Oc3c(O)cc4ccccc4c3C(=O)O)c(O)c(O)c(C(C)C)c2c1. The van der Waals surface area contributed by atoms with E-state index < -0.39 is 34.9 Å². The first-order valence-corrected chi connectivity index (χ1v) is 10.3. The van der Waals surface area contributed by atoms with E-state index in [1.165, 1.54) is 12.1 Å². The fraction of sp³-hybridized carbons (Fsp3) is 0.154. The van der Waals surface area contributed by atoms with E-state index in [0.717, 1.165) is 5.56 Å². The number of rotatable bonds is 4. The Morgan fingerprint density at radius 2 is 1.55 bits per heavy atom. The van der Waals surface area contributed by atoms with E-state index >= 15 is 0 Å². The quantitative estimate of drug-likeness (QED) is 0.186. The van der Waals surface area contributed by atoms with Crippen molar-refractivity contribution in [3.8, 4) is 23.0 Å². The van der Waals surface area contributed by atoms with Gasteiger partial charge in [-0.1, -0.05) is 61.9 Å². The van der Waals surface area contributed by atoms with Crippen molar-refractivity contribution in [3.63, 3.8) is 0 Å². The smallest absolute Gasteiger partial charge is 0.348 e. The van der Waals surface area contributed by atoms with Crippen LogP contribution in [-0.4, -0.2) is 32.4 Å². The van der Waals surface area contributed by atoms with Crippen LogP contribution in [0, 0.1) is 6.92 Å². The number of esters is 1.